The quantitative estimate of drug-likeness (QED) is 0.727. The van der Waals surface area contributed by atoms with E-state index in [4.69, 9.17) is 9.47 Å². The van der Waals surface area contributed by atoms with Gasteiger partial charge in [-0.15, -0.1) is 0 Å². The van der Waals surface area contributed by atoms with Gasteiger partial charge in [0.15, 0.2) is 6.61 Å². The van der Waals surface area contributed by atoms with E-state index in [2.05, 4.69) is 4.72 Å². The molecule has 1 amide bonds. The zero-order valence-corrected chi connectivity index (χ0v) is 15.0. The van der Waals surface area contributed by atoms with Crippen LogP contribution < -0.4 is 4.72 Å². The largest absolute Gasteiger partial charge is 0.452 e. The first kappa shape index (κ1) is 19.4. The normalized spacial score (nSPS) is 15.2. The van der Waals surface area contributed by atoms with E-state index >= 15 is 0 Å². The van der Waals surface area contributed by atoms with Gasteiger partial charge in [0, 0.05) is 19.1 Å². The Bertz CT molecular complexity index is 726. The van der Waals surface area contributed by atoms with Crippen LogP contribution in [0.1, 0.15) is 24.2 Å². The average molecular weight is 370 g/mol. The van der Waals surface area contributed by atoms with Crippen molar-refractivity contribution >= 4 is 21.9 Å². The van der Waals surface area contributed by atoms with Crippen LogP contribution in [0.4, 0.5) is 0 Å². The Morgan fingerprint density at radius 2 is 1.96 bits per heavy atom. The van der Waals surface area contributed by atoms with Crippen LogP contribution in [-0.2, 0) is 24.3 Å². The Kier molecular flexibility index (Phi) is 6.51. The monoisotopic (exact) mass is 370 g/mol. The predicted molar refractivity (Wildman–Crippen MR) is 89.6 cm³/mol. The molecule has 1 saturated heterocycles. The Labute approximate surface area is 147 Å². The first-order valence-electron chi connectivity index (χ1n) is 7.94. The van der Waals surface area contributed by atoms with Crippen LogP contribution in [0.5, 0.6) is 0 Å². The molecule has 1 N–H and O–H groups in total. The second-order valence-corrected chi connectivity index (χ2v) is 7.59. The lowest BCUT2D eigenvalue weighted by atomic mass is 10.2. The van der Waals surface area contributed by atoms with Gasteiger partial charge < -0.3 is 14.4 Å². The molecular weight excluding hydrogens is 348 g/mol. The summed E-state index contributed by atoms with van der Waals surface area (Å²) in [7, 11) is -3.71. The summed E-state index contributed by atoms with van der Waals surface area (Å²) in [6.45, 7) is 4.86. The second-order valence-electron chi connectivity index (χ2n) is 5.87. The predicted octanol–water partition coefficient (Wildman–Crippen LogP) is 0.389. The van der Waals surface area contributed by atoms with Gasteiger partial charge in [0.2, 0.25) is 10.0 Å². The van der Waals surface area contributed by atoms with Crippen molar-refractivity contribution in [2.24, 2.45) is 0 Å². The molecule has 0 bridgehead atoms. The van der Waals surface area contributed by atoms with Gasteiger partial charge in [0.1, 0.15) is 0 Å². The number of benzene rings is 1. The van der Waals surface area contributed by atoms with Crippen LogP contribution in [0.2, 0.25) is 0 Å². The van der Waals surface area contributed by atoms with Crippen LogP contribution in [0, 0.1) is 0 Å². The molecule has 8 nitrogen and oxygen atoms in total. The molecule has 1 aliphatic rings. The molecule has 1 heterocycles. The summed E-state index contributed by atoms with van der Waals surface area (Å²) in [5.74, 6) is -1.05. The van der Waals surface area contributed by atoms with Crippen LogP contribution >= 0.6 is 0 Å². The summed E-state index contributed by atoms with van der Waals surface area (Å²) in [4.78, 5) is 25.6. The molecule has 2 rings (SSSR count). The van der Waals surface area contributed by atoms with Gasteiger partial charge in [-0.1, -0.05) is 6.07 Å². The molecule has 0 saturated carbocycles. The van der Waals surface area contributed by atoms with E-state index in [9.17, 15) is 18.0 Å². The fourth-order valence-corrected chi connectivity index (χ4v) is 3.58. The van der Waals surface area contributed by atoms with E-state index in [1.54, 1.807) is 18.7 Å². The zero-order chi connectivity index (χ0) is 18.4. The highest BCUT2D eigenvalue weighted by Gasteiger charge is 2.20. The van der Waals surface area contributed by atoms with Gasteiger partial charge in [-0.2, -0.15) is 0 Å². The number of esters is 1. The summed E-state index contributed by atoms with van der Waals surface area (Å²) in [5.41, 5.74) is 0.0707. The SMILES string of the molecule is CC(C)NS(=O)(=O)c1cccc(C(=O)OCC(=O)N2CCOCC2)c1. The molecule has 25 heavy (non-hydrogen) atoms. The lowest BCUT2D eigenvalue weighted by Crippen LogP contribution is -2.42. The van der Waals surface area contributed by atoms with Crippen LogP contribution in [-0.4, -0.2) is 64.1 Å². The highest BCUT2D eigenvalue weighted by atomic mass is 32.2. The van der Waals surface area contributed by atoms with Crippen molar-refractivity contribution in [1.82, 2.24) is 9.62 Å². The summed E-state index contributed by atoms with van der Waals surface area (Å²) >= 11 is 0. The second kappa shape index (κ2) is 8.41. The summed E-state index contributed by atoms with van der Waals surface area (Å²) in [5, 5.41) is 0. The third-order valence-electron chi connectivity index (χ3n) is 3.46. The van der Waals surface area contributed by atoms with Gasteiger partial charge in [-0.05, 0) is 32.0 Å². The number of nitrogens with one attached hydrogen (secondary N) is 1. The molecule has 0 aromatic heterocycles. The Hall–Kier alpha value is -1.97. The third-order valence-corrected chi connectivity index (χ3v) is 5.12. The van der Waals surface area contributed by atoms with E-state index in [1.165, 1.54) is 24.3 Å². The topological polar surface area (TPSA) is 102 Å². The van der Waals surface area contributed by atoms with Crippen molar-refractivity contribution in [1.29, 1.82) is 0 Å². The van der Waals surface area contributed by atoms with E-state index in [0.717, 1.165) is 0 Å². The molecule has 1 aromatic rings. The molecule has 0 unspecified atom stereocenters. The minimum absolute atomic E-state index is 0.0323. The molecule has 1 aliphatic heterocycles. The summed E-state index contributed by atoms with van der Waals surface area (Å²) in [6, 6.07) is 5.24. The van der Waals surface area contributed by atoms with E-state index in [0.29, 0.717) is 26.3 Å². The van der Waals surface area contributed by atoms with Gasteiger partial charge in [-0.3, -0.25) is 4.79 Å². The van der Waals surface area contributed by atoms with Gasteiger partial charge in [0.05, 0.1) is 23.7 Å². The van der Waals surface area contributed by atoms with Crippen molar-refractivity contribution in [3.05, 3.63) is 29.8 Å². The summed E-state index contributed by atoms with van der Waals surface area (Å²) < 4.78 is 36.9. The fourth-order valence-electron chi connectivity index (χ4n) is 2.28. The first-order valence-corrected chi connectivity index (χ1v) is 9.43. The molecule has 9 heteroatoms. The number of nitrogens with zero attached hydrogens (tertiary/aromatic N) is 1. The molecule has 0 aliphatic carbocycles. The minimum Gasteiger partial charge on any atom is -0.452 e. The van der Waals surface area contributed by atoms with Gasteiger partial charge in [-0.25, -0.2) is 17.9 Å². The van der Waals surface area contributed by atoms with Crippen molar-refractivity contribution in [2.45, 2.75) is 24.8 Å². The zero-order valence-electron chi connectivity index (χ0n) is 14.2. The number of amides is 1. The van der Waals surface area contributed by atoms with Crippen molar-refractivity contribution in [3.8, 4) is 0 Å². The first-order chi connectivity index (χ1) is 11.8. The maximum atomic E-state index is 12.2. The Morgan fingerprint density at radius 3 is 2.60 bits per heavy atom. The molecule has 0 radical (unpaired) electrons. The Morgan fingerprint density at radius 1 is 1.28 bits per heavy atom. The third kappa shape index (κ3) is 5.52. The highest BCUT2D eigenvalue weighted by molar-refractivity contribution is 7.89. The Balaban J connectivity index is 2.00. The maximum Gasteiger partial charge on any atom is 0.338 e. The number of hydrogen-bond acceptors (Lipinski definition) is 6. The van der Waals surface area contributed by atoms with E-state index < -0.39 is 16.0 Å². The van der Waals surface area contributed by atoms with Crippen LogP contribution in [0.25, 0.3) is 0 Å². The number of morpholine rings is 1. The molecule has 1 fully saturated rings. The van der Waals surface area contributed by atoms with Crippen LogP contribution in [0.3, 0.4) is 0 Å². The lowest BCUT2D eigenvalue weighted by Gasteiger charge is -2.26. The number of rotatable bonds is 6. The highest BCUT2D eigenvalue weighted by Crippen LogP contribution is 2.13. The van der Waals surface area contributed by atoms with E-state index in [-0.39, 0.29) is 29.0 Å². The number of ether oxygens (including phenoxy) is 2. The molecule has 0 atom stereocenters. The molecule has 1 aromatic carbocycles. The van der Waals surface area contributed by atoms with Crippen molar-refractivity contribution in [3.63, 3.8) is 0 Å². The number of hydrogen-bond donors (Lipinski definition) is 1. The van der Waals surface area contributed by atoms with Gasteiger partial charge in [0.25, 0.3) is 5.91 Å². The number of carbonyl (C=O) groups is 2. The van der Waals surface area contributed by atoms with Crippen molar-refractivity contribution in [2.75, 3.05) is 32.9 Å². The molecular formula is C16H22N2O6S. The maximum absolute atomic E-state index is 12.2. The van der Waals surface area contributed by atoms with Crippen molar-refractivity contribution < 1.29 is 27.5 Å². The average Bonchev–Trinajstić information content (AvgIpc) is 2.59. The molecule has 0 spiro atoms. The smallest absolute Gasteiger partial charge is 0.338 e. The van der Waals surface area contributed by atoms with Crippen LogP contribution in [0.15, 0.2) is 29.2 Å². The number of sulfonamides is 1. The summed E-state index contributed by atoms with van der Waals surface area (Å²) in [6.07, 6.45) is 0. The lowest BCUT2D eigenvalue weighted by molar-refractivity contribution is -0.138. The minimum atomic E-state index is -3.71. The standard InChI is InChI=1S/C16H22N2O6S/c1-12(2)17-25(21,22)14-5-3-4-13(10-14)16(20)24-11-15(19)18-6-8-23-9-7-18/h3-5,10,12,17H,6-9,11H2,1-2H3. The number of carbonyl (C=O) groups excluding carboxylic acids is 2. The van der Waals surface area contributed by atoms with E-state index in [1.807, 2.05) is 0 Å². The van der Waals surface area contributed by atoms with Gasteiger partial charge >= 0.3 is 5.97 Å². The fraction of sp³-hybridized carbons (Fsp3) is 0.500. The molecule has 138 valence electrons.